The quantitative estimate of drug-likeness (QED) is 0.743. The fraction of sp³-hybridized carbons (Fsp3) is 0.0833. The summed E-state index contributed by atoms with van der Waals surface area (Å²) in [4.78, 5) is 0.182. The molecule has 88 valence electrons. The van der Waals surface area contributed by atoms with Crippen LogP contribution in [0.4, 0.5) is 0 Å². The van der Waals surface area contributed by atoms with Crippen molar-refractivity contribution >= 4 is 20.7 Å². The van der Waals surface area contributed by atoms with E-state index in [0.717, 1.165) is 0 Å². The van der Waals surface area contributed by atoms with Gasteiger partial charge in [-0.15, -0.1) is 0 Å². The zero-order valence-electron chi connectivity index (χ0n) is 8.79. The van der Waals surface area contributed by atoms with Gasteiger partial charge in [0.1, 0.15) is 11.5 Å². The zero-order chi connectivity index (χ0) is 12.4. The molecule has 4 nitrogen and oxygen atoms in total. The molecule has 2 rings (SSSR count). The van der Waals surface area contributed by atoms with E-state index >= 15 is 0 Å². The highest BCUT2D eigenvalue weighted by Gasteiger charge is 2.17. The molecule has 0 bridgehead atoms. The number of rotatable bonds is 1. The summed E-state index contributed by atoms with van der Waals surface area (Å²) in [6, 6.07) is 6.49. The number of aromatic hydroxyl groups is 1. The average Bonchev–Trinajstić information content (AvgIpc) is 2.30. The first kappa shape index (κ1) is 11.5. The Kier molecular flexibility index (Phi) is 3.01. The van der Waals surface area contributed by atoms with Crippen molar-refractivity contribution in [2.24, 2.45) is 0 Å². The summed E-state index contributed by atoms with van der Waals surface area (Å²) in [5.41, 5.74) is 0.849. The number of allylic oxidation sites excluding steroid dienone is 3. The number of benzene rings is 1. The van der Waals surface area contributed by atoms with Crippen LogP contribution >= 0.6 is 0 Å². The van der Waals surface area contributed by atoms with Crippen molar-refractivity contribution in [3.05, 3.63) is 47.7 Å². The van der Waals surface area contributed by atoms with Gasteiger partial charge in [-0.1, -0.05) is 18.2 Å². The first-order valence-corrected chi connectivity index (χ1v) is 6.00. The number of hydrogen-bond donors (Lipinski definition) is 2. The lowest BCUT2D eigenvalue weighted by molar-refractivity contribution is 0.432. The molecule has 0 unspecified atom stereocenters. The third-order valence-electron chi connectivity index (χ3n) is 2.53. The van der Waals surface area contributed by atoms with Gasteiger partial charge in [-0.3, -0.25) is 0 Å². The molecule has 0 amide bonds. The van der Waals surface area contributed by atoms with E-state index < -0.39 is 10.3 Å². The van der Waals surface area contributed by atoms with E-state index in [0.29, 0.717) is 11.1 Å². The molecule has 0 radical (unpaired) electrons. The second-order valence-electron chi connectivity index (χ2n) is 3.59. The zero-order valence-corrected chi connectivity index (χ0v) is 9.61. The van der Waals surface area contributed by atoms with Crippen molar-refractivity contribution in [2.45, 2.75) is 6.42 Å². The lowest BCUT2D eigenvalue weighted by atomic mass is 9.95. The summed E-state index contributed by atoms with van der Waals surface area (Å²) in [6.45, 7) is 0. The molecule has 0 saturated carbocycles. The van der Waals surface area contributed by atoms with Crippen molar-refractivity contribution in [1.29, 1.82) is 0 Å². The summed E-state index contributed by atoms with van der Waals surface area (Å²) >= 11 is 0. The predicted molar refractivity (Wildman–Crippen MR) is 65.3 cm³/mol. The van der Waals surface area contributed by atoms with Crippen LogP contribution in [-0.2, 0) is 10.3 Å². The van der Waals surface area contributed by atoms with Crippen LogP contribution in [0.25, 0.3) is 5.57 Å². The van der Waals surface area contributed by atoms with Gasteiger partial charge in [0.25, 0.3) is 0 Å². The molecule has 1 aliphatic rings. The van der Waals surface area contributed by atoms with Crippen LogP contribution < -0.4 is 0 Å². The van der Waals surface area contributed by atoms with Crippen LogP contribution in [0, 0.1) is 0 Å². The second-order valence-corrected chi connectivity index (χ2v) is 4.59. The molecule has 0 aromatic heterocycles. The number of phenols is 1. The van der Waals surface area contributed by atoms with E-state index in [1.807, 2.05) is 0 Å². The van der Waals surface area contributed by atoms with Gasteiger partial charge in [-0.2, -0.15) is 8.42 Å². The van der Waals surface area contributed by atoms with Crippen LogP contribution in [0.15, 0.2) is 42.2 Å². The van der Waals surface area contributed by atoms with E-state index in [2.05, 4.69) is 0 Å². The molecule has 1 aromatic carbocycles. The van der Waals surface area contributed by atoms with Gasteiger partial charge in [-0.05, 0) is 18.2 Å². The Balaban J connectivity index is 2.56. The lowest BCUT2D eigenvalue weighted by Gasteiger charge is -2.13. The highest BCUT2D eigenvalue weighted by atomic mass is 32.2. The van der Waals surface area contributed by atoms with Crippen molar-refractivity contribution in [3.8, 4) is 5.75 Å². The molecule has 1 aromatic rings. The summed E-state index contributed by atoms with van der Waals surface area (Å²) in [5.74, 6) is -0.0129. The summed E-state index contributed by atoms with van der Waals surface area (Å²) in [5, 5.41) is 19.4. The number of aliphatic hydroxyl groups excluding tert-OH is 1. The normalized spacial score (nSPS) is 15.2. The third kappa shape index (κ3) is 2.24. The minimum atomic E-state index is -2.32. The predicted octanol–water partition coefficient (Wildman–Crippen LogP) is 1.67. The molecule has 1 aliphatic carbocycles. The maximum atomic E-state index is 10.9. The Hall–Kier alpha value is -2.01. The topological polar surface area (TPSA) is 74.6 Å². The molecule has 17 heavy (non-hydrogen) atoms. The van der Waals surface area contributed by atoms with Gasteiger partial charge in [0.15, 0.2) is 0 Å². The molecule has 0 spiro atoms. The van der Waals surface area contributed by atoms with Gasteiger partial charge in [0.2, 0.25) is 10.3 Å². The Labute approximate surface area is 99.7 Å². The van der Waals surface area contributed by atoms with Gasteiger partial charge < -0.3 is 10.2 Å². The molecule has 0 atom stereocenters. The van der Waals surface area contributed by atoms with Crippen molar-refractivity contribution in [2.75, 3.05) is 0 Å². The van der Waals surface area contributed by atoms with Crippen LogP contribution in [0.3, 0.4) is 0 Å². The lowest BCUT2D eigenvalue weighted by Crippen LogP contribution is -2.05. The fourth-order valence-corrected chi connectivity index (χ4v) is 2.11. The first-order valence-electron chi connectivity index (χ1n) is 4.93. The van der Waals surface area contributed by atoms with Crippen molar-refractivity contribution < 1.29 is 18.6 Å². The molecular weight excluding hydrogens is 240 g/mol. The summed E-state index contributed by atoms with van der Waals surface area (Å²) in [7, 11) is -2.32. The van der Waals surface area contributed by atoms with Crippen LogP contribution in [0.1, 0.15) is 12.0 Å². The summed E-state index contributed by atoms with van der Waals surface area (Å²) in [6.07, 6.45) is 2.74. The SMILES string of the molecule is O=S(=O)=C1C=CC(O)=C(c2ccccc2O)C1. The van der Waals surface area contributed by atoms with Crippen molar-refractivity contribution in [1.82, 2.24) is 0 Å². The van der Waals surface area contributed by atoms with Gasteiger partial charge in [0.05, 0.1) is 4.86 Å². The van der Waals surface area contributed by atoms with Crippen molar-refractivity contribution in [3.63, 3.8) is 0 Å². The molecule has 0 heterocycles. The highest BCUT2D eigenvalue weighted by molar-refractivity contribution is 7.73. The van der Waals surface area contributed by atoms with Gasteiger partial charge in [0, 0.05) is 17.6 Å². The van der Waals surface area contributed by atoms with E-state index in [1.165, 1.54) is 18.2 Å². The van der Waals surface area contributed by atoms with Gasteiger partial charge in [-0.25, -0.2) is 0 Å². The average molecular weight is 250 g/mol. The number of hydrogen-bond acceptors (Lipinski definition) is 4. The molecule has 0 saturated heterocycles. The van der Waals surface area contributed by atoms with Crippen LogP contribution in [0.5, 0.6) is 5.75 Å². The highest BCUT2D eigenvalue weighted by Crippen LogP contribution is 2.31. The molecular formula is C12H10O4S. The Morgan fingerprint density at radius 3 is 2.41 bits per heavy atom. The molecule has 0 fully saturated rings. The van der Waals surface area contributed by atoms with E-state index in [-0.39, 0.29) is 22.8 Å². The monoisotopic (exact) mass is 250 g/mol. The second kappa shape index (κ2) is 4.47. The molecule has 2 N–H and O–H groups in total. The Morgan fingerprint density at radius 1 is 1.06 bits per heavy atom. The number of para-hydroxylation sites is 1. The number of phenolic OH excluding ortho intramolecular Hbond substituents is 1. The maximum absolute atomic E-state index is 10.9. The van der Waals surface area contributed by atoms with E-state index in [4.69, 9.17) is 0 Å². The smallest absolute Gasteiger partial charge is 0.217 e. The molecule has 0 aliphatic heterocycles. The summed E-state index contributed by atoms with van der Waals surface area (Å²) < 4.78 is 21.7. The largest absolute Gasteiger partial charge is 0.508 e. The minimum absolute atomic E-state index is 0.0142. The minimum Gasteiger partial charge on any atom is -0.508 e. The van der Waals surface area contributed by atoms with Crippen LogP contribution in [-0.4, -0.2) is 23.5 Å². The Morgan fingerprint density at radius 2 is 1.76 bits per heavy atom. The first-order chi connectivity index (χ1) is 8.09. The van der Waals surface area contributed by atoms with Crippen LogP contribution in [0.2, 0.25) is 0 Å². The standard InChI is InChI=1S/C12H10O4S/c13-11-4-2-1-3-9(11)10-7-8(17(15)16)5-6-12(10)14/h1-6,13-14H,7H2. The third-order valence-corrected chi connectivity index (χ3v) is 3.24. The number of aliphatic hydroxyl groups is 1. The van der Waals surface area contributed by atoms with E-state index in [1.54, 1.807) is 18.2 Å². The van der Waals surface area contributed by atoms with E-state index in [9.17, 15) is 18.6 Å². The molecule has 5 heteroatoms. The fourth-order valence-electron chi connectivity index (χ4n) is 1.67. The Bertz CT molecular complexity index is 643. The van der Waals surface area contributed by atoms with Gasteiger partial charge >= 0.3 is 0 Å². The maximum Gasteiger partial charge on any atom is 0.217 e.